The molecule has 0 heteroatoms. The van der Waals surface area contributed by atoms with Crippen LogP contribution in [-0.4, -0.2) is 0 Å². The van der Waals surface area contributed by atoms with Crippen LogP contribution in [0.3, 0.4) is 0 Å². The van der Waals surface area contributed by atoms with Crippen molar-refractivity contribution in [3.8, 4) is 12.3 Å². The highest BCUT2D eigenvalue weighted by molar-refractivity contribution is 5.48. The summed E-state index contributed by atoms with van der Waals surface area (Å²) in [7, 11) is 0. The van der Waals surface area contributed by atoms with E-state index in [1.165, 1.54) is 12.0 Å². The number of hydrogen-bond donors (Lipinski definition) is 0. The van der Waals surface area contributed by atoms with Gasteiger partial charge in [-0.3, -0.25) is 0 Å². The van der Waals surface area contributed by atoms with E-state index in [-0.39, 0.29) is 0 Å². The Bertz CT molecular complexity index is 301. The Kier molecular flexibility index (Phi) is 5.28. The average molecular weight is 184 g/mol. The molecule has 0 atom stereocenters. The zero-order valence-corrected chi connectivity index (χ0v) is 8.45. The van der Waals surface area contributed by atoms with E-state index < -0.39 is 0 Å². The molecule has 0 bridgehead atoms. The monoisotopic (exact) mass is 184 g/mol. The van der Waals surface area contributed by atoms with Crippen molar-refractivity contribution in [3.63, 3.8) is 0 Å². The first-order chi connectivity index (χ1) is 6.93. The lowest BCUT2D eigenvalue weighted by Crippen LogP contribution is -1.73. The molecule has 0 saturated heterocycles. The minimum atomic E-state index is 0.902. The highest BCUT2D eigenvalue weighted by atomic mass is 13.9. The highest BCUT2D eigenvalue weighted by Crippen LogP contribution is 2.04. The van der Waals surface area contributed by atoms with E-state index in [1.807, 2.05) is 6.07 Å². The van der Waals surface area contributed by atoms with Crippen LogP contribution in [0.25, 0.3) is 6.08 Å². The Labute approximate surface area is 86.7 Å². The zero-order valence-electron chi connectivity index (χ0n) is 8.45. The Hall–Kier alpha value is -1.48. The van der Waals surface area contributed by atoms with E-state index >= 15 is 0 Å². The van der Waals surface area contributed by atoms with Crippen LogP contribution in [0.5, 0.6) is 0 Å². The van der Waals surface area contributed by atoms with Crippen molar-refractivity contribution in [1.82, 2.24) is 0 Å². The summed E-state index contributed by atoms with van der Waals surface area (Å²) >= 11 is 0. The van der Waals surface area contributed by atoms with Crippen molar-refractivity contribution in [2.24, 2.45) is 0 Å². The summed E-state index contributed by atoms with van der Waals surface area (Å²) in [5, 5.41) is 0. The van der Waals surface area contributed by atoms with E-state index in [4.69, 9.17) is 6.42 Å². The van der Waals surface area contributed by atoms with Crippen molar-refractivity contribution in [1.29, 1.82) is 0 Å². The van der Waals surface area contributed by atoms with Crippen LogP contribution < -0.4 is 0 Å². The molecule has 0 unspecified atom stereocenters. The number of unbranched alkanes of at least 4 members (excludes halogenated alkanes) is 3. The zero-order chi connectivity index (χ0) is 10.1. The van der Waals surface area contributed by atoms with Crippen molar-refractivity contribution in [3.05, 3.63) is 42.0 Å². The normalized spacial score (nSPS) is 10.2. The molecule has 1 aromatic rings. The van der Waals surface area contributed by atoms with E-state index in [0.717, 1.165) is 19.3 Å². The summed E-state index contributed by atoms with van der Waals surface area (Å²) in [6, 6.07) is 10.4. The van der Waals surface area contributed by atoms with Crippen LogP contribution in [0.15, 0.2) is 36.4 Å². The topological polar surface area (TPSA) is 0 Å². The average Bonchev–Trinajstić information content (AvgIpc) is 2.25. The molecule has 0 heterocycles. The van der Waals surface area contributed by atoms with Crippen LogP contribution in [0.1, 0.15) is 31.2 Å². The standard InChI is InChI=1S/C14H16/c1-2-3-4-5-6-8-11-14-12-9-7-10-13-14/h1,7-13H,3-6H2/b11-8+. The lowest BCUT2D eigenvalue weighted by molar-refractivity contribution is 0.773. The molecule has 0 radical (unpaired) electrons. The fraction of sp³-hybridized carbons (Fsp3) is 0.286. The maximum atomic E-state index is 5.17. The van der Waals surface area contributed by atoms with Gasteiger partial charge in [-0.25, -0.2) is 0 Å². The van der Waals surface area contributed by atoms with Crippen LogP contribution in [0.2, 0.25) is 0 Å². The second kappa shape index (κ2) is 6.97. The van der Waals surface area contributed by atoms with Gasteiger partial charge in [0.2, 0.25) is 0 Å². The van der Waals surface area contributed by atoms with E-state index in [9.17, 15) is 0 Å². The van der Waals surface area contributed by atoms with Gasteiger partial charge in [0.15, 0.2) is 0 Å². The number of hydrogen-bond acceptors (Lipinski definition) is 0. The van der Waals surface area contributed by atoms with Gasteiger partial charge in [0.1, 0.15) is 0 Å². The number of allylic oxidation sites excluding steroid dienone is 1. The van der Waals surface area contributed by atoms with Gasteiger partial charge in [0.05, 0.1) is 0 Å². The van der Waals surface area contributed by atoms with Gasteiger partial charge < -0.3 is 0 Å². The Balaban J connectivity index is 2.19. The molecule has 72 valence electrons. The molecular weight excluding hydrogens is 168 g/mol. The van der Waals surface area contributed by atoms with Gasteiger partial charge in [-0.1, -0.05) is 42.5 Å². The second-order valence-corrected chi connectivity index (χ2v) is 3.26. The van der Waals surface area contributed by atoms with Gasteiger partial charge in [-0.05, 0) is 24.8 Å². The molecule has 0 amide bonds. The molecule has 1 rings (SSSR count). The summed E-state index contributed by atoms with van der Waals surface area (Å²) in [5.74, 6) is 2.65. The second-order valence-electron chi connectivity index (χ2n) is 3.26. The summed E-state index contributed by atoms with van der Waals surface area (Å²) in [6.07, 6.45) is 13.9. The minimum absolute atomic E-state index is 0.902. The van der Waals surface area contributed by atoms with Crippen LogP contribution in [0.4, 0.5) is 0 Å². The maximum absolute atomic E-state index is 5.17. The minimum Gasteiger partial charge on any atom is -0.120 e. The third-order valence-corrected chi connectivity index (χ3v) is 2.05. The van der Waals surface area contributed by atoms with Crippen LogP contribution in [0, 0.1) is 12.3 Å². The van der Waals surface area contributed by atoms with Crippen LogP contribution in [-0.2, 0) is 0 Å². The van der Waals surface area contributed by atoms with E-state index in [0.29, 0.717) is 0 Å². The largest absolute Gasteiger partial charge is 0.120 e. The lowest BCUT2D eigenvalue weighted by atomic mass is 10.1. The first-order valence-electron chi connectivity index (χ1n) is 5.08. The molecule has 0 fully saturated rings. The van der Waals surface area contributed by atoms with Gasteiger partial charge in [0.25, 0.3) is 0 Å². The molecule has 0 N–H and O–H groups in total. The summed E-state index contributed by atoms with van der Waals surface area (Å²) < 4.78 is 0. The Morgan fingerprint density at radius 3 is 2.64 bits per heavy atom. The number of benzene rings is 1. The van der Waals surface area contributed by atoms with Crippen molar-refractivity contribution in [2.75, 3.05) is 0 Å². The predicted octanol–water partition coefficient (Wildman–Crippen LogP) is 3.89. The molecule has 1 aromatic carbocycles. The Morgan fingerprint density at radius 2 is 1.93 bits per heavy atom. The molecular formula is C14H16. The fourth-order valence-electron chi connectivity index (χ4n) is 1.27. The van der Waals surface area contributed by atoms with Crippen molar-refractivity contribution in [2.45, 2.75) is 25.7 Å². The van der Waals surface area contributed by atoms with Crippen molar-refractivity contribution >= 4 is 6.08 Å². The van der Waals surface area contributed by atoms with Gasteiger partial charge in [-0.15, -0.1) is 12.3 Å². The van der Waals surface area contributed by atoms with E-state index in [2.05, 4.69) is 42.3 Å². The van der Waals surface area contributed by atoms with E-state index in [1.54, 1.807) is 0 Å². The van der Waals surface area contributed by atoms with Crippen molar-refractivity contribution < 1.29 is 0 Å². The third kappa shape index (κ3) is 4.52. The first-order valence-corrected chi connectivity index (χ1v) is 5.08. The molecule has 0 aromatic heterocycles. The summed E-state index contributed by atoms with van der Waals surface area (Å²) in [6.45, 7) is 0. The van der Waals surface area contributed by atoms with Gasteiger partial charge in [-0.2, -0.15) is 0 Å². The van der Waals surface area contributed by atoms with Gasteiger partial charge in [0, 0.05) is 6.42 Å². The fourth-order valence-corrected chi connectivity index (χ4v) is 1.27. The molecule has 14 heavy (non-hydrogen) atoms. The molecule has 0 nitrogen and oxygen atoms in total. The molecule has 0 aliphatic rings. The summed E-state index contributed by atoms with van der Waals surface area (Å²) in [4.78, 5) is 0. The number of rotatable bonds is 5. The predicted molar refractivity (Wildman–Crippen MR) is 62.8 cm³/mol. The lowest BCUT2D eigenvalue weighted by Gasteiger charge is -1.92. The van der Waals surface area contributed by atoms with Crippen LogP contribution >= 0.6 is 0 Å². The highest BCUT2D eigenvalue weighted by Gasteiger charge is 1.84. The smallest absolute Gasteiger partial charge is 0.00861 e. The quantitative estimate of drug-likeness (QED) is 0.481. The molecule has 0 aliphatic carbocycles. The molecule has 0 saturated carbocycles. The maximum Gasteiger partial charge on any atom is 0.00861 e. The van der Waals surface area contributed by atoms with Gasteiger partial charge >= 0.3 is 0 Å². The summed E-state index contributed by atoms with van der Waals surface area (Å²) in [5.41, 5.74) is 1.27. The number of terminal acetylenes is 1. The third-order valence-electron chi connectivity index (χ3n) is 2.05. The first kappa shape index (κ1) is 10.6. The Morgan fingerprint density at radius 1 is 1.14 bits per heavy atom. The molecule has 0 aliphatic heterocycles. The SMILES string of the molecule is C#CCCCC/C=C/c1ccccc1. The molecule has 0 spiro atoms.